The highest BCUT2D eigenvalue weighted by atomic mass is 16.6. The van der Waals surface area contributed by atoms with E-state index < -0.39 is 29.3 Å². The molecule has 1 aromatic carbocycles. The van der Waals surface area contributed by atoms with Gasteiger partial charge >= 0.3 is 6.09 Å². The summed E-state index contributed by atoms with van der Waals surface area (Å²) in [4.78, 5) is 41.9. The number of benzene rings is 1. The van der Waals surface area contributed by atoms with Crippen molar-refractivity contribution in [3.05, 3.63) is 35.4 Å². The number of terminal acetylenes is 1. The fraction of sp³-hybridized carbons (Fsp3) is 0.621. The van der Waals surface area contributed by atoms with Crippen LogP contribution < -0.4 is 10.6 Å². The number of unbranched alkanes of at least 4 members (excludes halogenated alkanes) is 2. The van der Waals surface area contributed by atoms with Crippen LogP contribution >= 0.6 is 0 Å². The van der Waals surface area contributed by atoms with Crippen LogP contribution in [0.1, 0.15) is 98.7 Å². The van der Waals surface area contributed by atoms with Gasteiger partial charge in [-0.3, -0.25) is 9.59 Å². The standard InChI is InChI=1S/C29H45N3O4/c1-11-13-14-19-30-25(33)24(22-17-15-21(12-2)16-18-22)32(28(5,6)7)26(34)23(20(3)4)31-27(35)36-29(8,9)10/h2,15-18,20,23-24H,11,13-14,19H2,1,3-10H3,(H,30,33)(H,31,35). The highest BCUT2D eigenvalue weighted by Crippen LogP contribution is 2.31. The van der Waals surface area contributed by atoms with E-state index in [2.05, 4.69) is 23.5 Å². The molecule has 0 aromatic heterocycles. The molecule has 2 atom stereocenters. The molecule has 36 heavy (non-hydrogen) atoms. The molecule has 0 saturated carbocycles. The quantitative estimate of drug-likeness (QED) is 0.342. The predicted molar refractivity (Wildman–Crippen MR) is 144 cm³/mol. The van der Waals surface area contributed by atoms with Gasteiger partial charge in [-0.05, 0) is 71.6 Å². The Morgan fingerprint density at radius 2 is 1.61 bits per heavy atom. The molecule has 0 radical (unpaired) electrons. The van der Waals surface area contributed by atoms with Gasteiger partial charge in [0.1, 0.15) is 17.7 Å². The fourth-order valence-electron chi connectivity index (χ4n) is 3.81. The smallest absolute Gasteiger partial charge is 0.408 e. The molecule has 3 amide bonds. The summed E-state index contributed by atoms with van der Waals surface area (Å²) < 4.78 is 5.41. The van der Waals surface area contributed by atoms with E-state index >= 15 is 0 Å². The molecule has 2 N–H and O–H groups in total. The average molecular weight is 500 g/mol. The highest BCUT2D eigenvalue weighted by molar-refractivity contribution is 5.92. The SMILES string of the molecule is C#Cc1ccc(C(C(=O)NCCCCC)N(C(=O)C(NC(=O)OC(C)(C)C)C(C)C)C(C)(C)C)cc1. The highest BCUT2D eigenvalue weighted by Gasteiger charge is 2.42. The number of carbonyl (C=O) groups is 3. The van der Waals surface area contributed by atoms with Gasteiger partial charge in [0, 0.05) is 17.6 Å². The van der Waals surface area contributed by atoms with Crippen LogP contribution in [-0.2, 0) is 14.3 Å². The molecule has 0 spiro atoms. The zero-order chi connectivity index (χ0) is 27.7. The summed E-state index contributed by atoms with van der Waals surface area (Å²) >= 11 is 0. The fourth-order valence-corrected chi connectivity index (χ4v) is 3.81. The van der Waals surface area contributed by atoms with Crippen molar-refractivity contribution in [1.82, 2.24) is 15.5 Å². The molecule has 200 valence electrons. The zero-order valence-electron chi connectivity index (χ0n) is 23.5. The first-order valence-electron chi connectivity index (χ1n) is 12.8. The van der Waals surface area contributed by atoms with Crippen molar-refractivity contribution >= 4 is 17.9 Å². The molecular weight excluding hydrogens is 454 g/mol. The van der Waals surface area contributed by atoms with E-state index in [0.29, 0.717) is 17.7 Å². The third-order valence-electron chi connectivity index (χ3n) is 5.54. The molecule has 1 aromatic rings. The topological polar surface area (TPSA) is 87.7 Å². The first-order chi connectivity index (χ1) is 16.6. The van der Waals surface area contributed by atoms with Gasteiger partial charge < -0.3 is 20.3 Å². The number of ether oxygens (including phenoxy) is 1. The molecule has 0 heterocycles. The molecule has 7 nitrogen and oxygen atoms in total. The third kappa shape index (κ3) is 9.56. The molecule has 0 aliphatic rings. The first-order valence-corrected chi connectivity index (χ1v) is 12.8. The van der Waals surface area contributed by atoms with Crippen LogP contribution in [0.15, 0.2) is 24.3 Å². The summed E-state index contributed by atoms with van der Waals surface area (Å²) in [6.07, 6.45) is 7.73. The van der Waals surface area contributed by atoms with Crippen molar-refractivity contribution in [2.75, 3.05) is 6.54 Å². The predicted octanol–water partition coefficient (Wildman–Crippen LogP) is 5.19. The molecule has 7 heteroatoms. The Morgan fingerprint density at radius 3 is 2.06 bits per heavy atom. The number of rotatable bonds is 10. The van der Waals surface area contributed by atoms with Crippen LogP contribution in [-0.4, -0.2) is 46.5 Å². The van der Waals surface area contributed by atoms with E-state index in [9.17, 15) is 14.4 Å². The number of carbonyl (C=O) groups excluding carboxylic acids is 3. The van der Waals surface area contributed by atoms with Crippen molar-refractivity contribution < 1.29 is 19.1 Å². The third-order valence-corrected chi connectivity index (χ3v) is 5.54. The number of alkyl carbamates (subject to hydrolysis) is 1. The minimum Gasteiger partial charge on any atom is -0.444 e. The Hall–Kier alpha value is -3.01. The minimum atomic E-state index is -0.910. The van der Waals surface area contributed by atoms with Crippen LogP contribution in [0.4, 0.5) is 4.79 Å². The van der Waals surface area contributed by atoms with Gasteiger partial charge in [0.05, 0.1) is 0 Å². The van der Waals surface area contributed by atoms with Crippen LogP contribution in [0.2, 0.25) is 0 Å². The summed E-state index contributed by atoms with van der Waals surface area (Å²) in [5.74, 6) is 1.70. The summed E-state index contributed by atoms with van der Waals surface area (Å²) in [6, 6.07) is 5.28. The lowest BCUT2D eigenvalue weighted by molar-refractivity contribution is -0.149. The lowest BCUT2D eigenvalue weighted by Crippen LogP contribution is -2.59. The van der Waals surface area contributed by atoms with E-state index in [1.54, 1.807) is 49.9 Å². The number of nitrogens with one attached hydrogen (secondary N) is 2. The first kappa shape index (κ1) is 31.0. The summed E-state index contributed by atoms with van der Waals surface area (Å²) in [5, 5.41) is 5.75. The van der Waals surface area contributed by atoms with Crippen molar-refractivity contribution in [3.63, 3.8) is 0 Å². The van der Waals surface area contributed by atoms with Gasteiger partial charge in [0.2, 0.25) is 11.8 Å². The minimum absolute atomic E-state index is 0.244. The normalized spacial score (nSPS) is 13.4. The van der Waals surface area contributed by atoms with Gasteiger partial charge in [-0.1, -0.05) is 51.7 Å². The maximum Gasteiger partial charge on any atom is 0.408 e. The van der Waals surface area contributed by atoms with E-state index in [1.165, 1.54) is 0 Å². The van der Waals surface area contributed by atoms with E-state index in [0.717, 1.165) is 19.3 Å². The second-order valence-electron chi connectivity index (χ2n) is 11.4. The Balaban J connectivity index is 3.49. The lowest BCUT2D eigenvalue weighted by Gasteiger charge is -2.43. The zero-order valence-corrected chi connectivity index (χ0v) is 23.5. The van der Waals surface area contributed by atoms with Crippen molar-refractivity contribution in [1.29, 1.82) is 0 Å². The molecule has 0 saturated heterocycles. The number of amides is 3. The van der Waals surface area contributed by atoms with Crippen LogP contribution in [0.25, 0.3) is 0 Å². The monoisotopic (exact) mass is 499 g/mol. The van der Waals surface area contributed by atoms with Gasteiger partial charge in [-0.15, -0.1) is 6.42 Å². The Morgan fingerprint density at radius 1 is 1.03 bits per heavy atom. The summed E-state index contributed by atoms with van der Waals surface area (Å²) in [7, 11) is 0. The largest absolute Gasteiger partial charge is 0.444 e. The van der Waals surface area contributed by atoms with Gasteiger partial charge in [-0.2, -0.15) is 0 Å². The Kier molecular flexibility index (Phi) is 11.5. The Bertz CT molecular complexity index is 918. The van der Waals surface area contributed by atoms with E-state index in [-0.39, 0.29) is 17.7 Å². The number of nitrogens with zero attached hydrogens (tertiary/aromatic N) is 1. The molecule has 0 fully saturated rings. The van der Waals surface area contributed by atoms with Crippen molar-refractivity contribution in [3.8, 4) is 12.3 Å². The van der Waals surface area contributed by atoms with Crippen molar-refractivity contribution in [2.45, 2.75) is 105 Å². The van der Waals surface area contributed by atoms with Gasteiger partial charge in [0.15, 0.2) is 0 Å². The van der Waals surface area contributed by atoms with Crippen molar-refractivity contribution in [2.24, 2.45) is 5.92 Å². The number of hydrogen-bond donors (Lipinski definition) is 2. The molecule has 0 bridgehead atoms. The summed E-state index contributed by atoms with van der Waals surface area (Å²) in [6.45, 7) is 17.2. The lowest BCUT2D eigenvalue weighted by atomic mass is 9.92. The van der Waals surface area contributed by atoms with Crippen LogP contribution in [0.5, 0.6) is 0 Å². The maximum atomic E-state index is 14.1. The summed E-state index contributed by atoms with van der Waals surface area (Å²) in [5.41, 5.74) is -0.125. The molecule has 0 aliphatic heterocycles. The maximum absolute atomic E-state index is 14.1. The van der Waals surface area contributed by atoms with Crippen LogP contribution in [0.3, 0.4) is 0 Å². The van der Waals surface area contributed by atoms with E-state index in [1.807, 2.05) is 34.6 Å². The van der Waals surface area contributed by atoms with E-state index in [4.69, 9.17) is 11.2 Å². The molecule has 1 rings (SSSR count). The van der Waals surface area contributed by atoms with Gasteiger partial charge in [0.25, 0.3) is 0 Å². The molecule has 0 aliphatic carbocycles. The molecule has 2 unspecified atom stereocenters. The van der Waals surface area contributed by atoms with Gasteiger partial charge in [-0.25, -0.2) is 4.79 Å². The average Bonchev–Trinajstić information content (AvgIpc) is 2.76. The number of hydrogen-bond acceptors (Lipinski definition) is 4. The Labute approximate surface area is 217 Å². The van der Waals surface area contributed by atoms with Crippen LogP contribution in [0, 0.1) is 18.3 Å². The second-order valence-corrected chi connectivity index (χ2v) is 11.4. The molecular formula is C29H45N3O4. The second kappa shape index (κ2) is 13.3.